The van der Waals surface area contributed by atoms with Crippen LogP contribution in [0.2, 0.25) is 0 Å². The molecule has 2 aliphatic heterocycles. The van der Waals surface area contributed by atoms with Gasteiger partial charge in [0.2, 0.25) is 17.8 Å². The van der Waals surface area contributed by atoms with E-state index in [1.54, 1.807) is 4.90 Å². The minimum atomic E-state index is -0.601. The first-order chi connectivity index (χ1) is 18.8. The van der Waals surface area contributed by atoms with Gasteiger partial charge in [-0.3, -0.25) is 9.89 Å². The maximum atomic E-state index is 13.4. The van der Waals surface area contributed by atoms with Gasteiger partial charge < -0.3 is 30.9 Å². The number of H-pyrrole nitrogens is 1. The molecule has 6 rings (SSSR count). The average Bonchev–Trinajstić information content (AvgIpc) is 3.24. The van der Waals surface area contributed by atoms with Crippen molar-refractivity contribution in [1.82, 2.24) is 35.4 Å². The van der Waals surface area contributed by atoms with Crippen LogP contribution < -0.4 is 26.0 Å². The van der Waals surface area contributed by atoms with Crippen molar-refractivity contribution >= 4 is 43.1 Å². The van der Waals surface area contributed by atoms with E-state index in [2.05, 4.69) is 47.9 Å². The van der Waals surface area contributed by atoms with Crippen LogP contribution in [0.4, 0.5) is 22.5 Å². The van der Waals surface area contributed by atoms with Crippen LogP contribution in [-0.2, 0) is 16.9 Å². The van der Waals surface area contributed by atoms with E-state index < -0.39 is 17.5 Å². The lowest BCUT2D eigenvalue weighted by atomic mass is 10.0. The number of primary amides is 1. The zero-order valence-corrected chi connectivity index (χ0v) is 23.6. The molecule has 3 amide bonds. The first kappa shape index (κ1) is 27.5. The molecule has 5 N–H and O–H groups in total. The molecule has 3 aliphatic rings. The second kappa shape index (κ2) is 10.5. The third-order valence-electron chi connectivity index (χ3n) is 7.90. The van der Waals surface area contributed by atoms with Crippen LogP contribution in [0.3, 0.4) is 0 Å². The van der Waals surface area contributed by atoms with E-state index in [1.807, 2.05) is 36.9 Å². The number of nitrogens with zero attached hydrogens (tertiary/aromatic N) is 6. The van der Waals surface area contributed by atoms with E-state index in [0.717, 1.165) is 24.1 Å². The number of anilines is 3. The SMILES string of the molecule is COc1nc(Nc2n[nH]c3c2CN(C(=O)NC2C[C@@H]2c2ccccc2)C3(C)C)nc(N2CCC[C@H]2C(N)=O)n1.S. The summed E-state index contributed by atoms with van der Waals surface area (Å²) in [5.74, 6) is 0.944. The Kier molecular flexibility index (Phi) is 7.21. The number of aromatic nitrogens is 5. The Bertz CT molecular complexity index is 1410. The van der Waals surface area contributed by atoms with Crippen LogP contribution in [-0.4, -0.2) is 67.7 Å². The Hall–Kier alpha value is -4.07. The summed E-state index contributed by atoms with van der Waals surface area (Å²) in [7, 11) is 1.46. The van der Waals surface area contributed by atoms with E-state index in [4.69, 9.17) is 10.5 Å². The molecule has 3 atom stereocenters. The summed E-state index contributed by atoms with van der Waals surface area (Å²) in [5.41, 5.74) is 7.92. The minimum Gasteiger partial charge on any atom is -0.467 e. The number of carbonyl (C=O) groups is 2. The molecule has 2 aromatic heterocycles. The number of nitrogens with two attached hydrogens (primary N) is 1. The molecule has 4 heterocycles. The fourth-order valence-electron chi connectivity index (χ4n) is 5.63. The van der Waals surface area contributed by atoms with Crippen LogP contribution in [0, 0.1) is 0 Å². The Morgan fingerprint density at radius 1 is 1.18 bits per heavy atom. The van der Waals surface area contributed by atoms with Gasteiger partial charge in [-0.1, -0.05) is 30.3 Å². The fourth-order valence-corrected chi connectivity index (χ4v) is 5.63. The first-order valence-electron chi connectivity index (χ1n) is 13.1. The largest absolute Gasteiger partial charge is 0.467 e. The first-order valence-corrected chi connectivity index (χ1v) is 13.1. The average molecular weight is 567 g/mol. The molecule has 13 nitrogen and oxygen atoms in total. The molecule has 1 saturated carbocycles. The maximum absolute atomic E-state index is 13.4. The van der Waals surface area contributed by atoms with Crippen molar-refractivity contribution in [2.75, 3.05) is 23.9 Å². The number of urea groups is 1. The van der Waals surface area contributed by atoms with Crippen molar-refractivity contribution in [1.29, 1.82) is 0 Å². The van der Waals surface area contributed by atoms with Gasteiger partial charge in [0.1, 0.15) is 6.04 Å². The number of hydrogen-bond acceptors (Lipinski definition) is 9. The van der Waals surface area contributed by atoms with Crippen LogP contribution >= 0.6 is 13.5 Å². The molecule has 0 radical (unpaired) electrons. The summed E-state index contributed by atoms with van der Waals surface area (Å²) < 4.78 is 5.29. The molecule has 2 fully saturated rings. The lowest BCUT2D eigenvalue weighted by molar-refractivity contribution is -0.119. The van der Waals surface area contributed by atoms with Gasteiger partial charge in [0.15, 0.2) is 5.82 Å². The fraction of sp³-hybridized carbons (Fsp3) is 0.462. The zero-order valence-electron chi connectivity index (χ0n) is 22.6. The summed E-state index contributed by atoms with van der Waals surface area (Å²) >= 11 is 0. The maximum Gasteiger partial charge on any atom is 0.322 e. The Morgan fingerprint density at radius 3 is 2.67 bits per heavy atom. The zero-order chi connectivity index (χ0) is 27.3. The normalized spacial score (nSPS) is 22.3. The molecule has 1 saturated heterocycles. The van der Waals surface area contributed by atoms with Crippen molar-refractivity contribution in [2.24, 2.45) is 5.73 Å². The van der Waals surface area contributed by atoms with Gasteiger partial charge in [-0.2, -0.15) is 33.5 Å². The third-order valence-corrected chi connectivity index (χ3v) is 7.90. The summed E-state index contributed by atoms with van der Waals surface area (Å²) in [6.45, 7) is 4.94. The molecule has 14 heteroatoms. The van der Waals surface area contributed by atoms with Gasteiger partial charge in [0.25, 0.3) is 0 Å². The standard InChI is InChI=1S/C26H32N10O3.H2S/c1-26(2)19-16(13-36(26)25(38)28-17-12-15(17)14-8-5-4-6-9-14)21(34-33-19)29-22-30-23(32-24(31-22)39-3)35-11-7-10-18(35)20(27)37;/h4-6,8-9,15,17-18H,7,10-13H2,1-3H3,(H2,27,37)(H,28,38)(H2,29,30,31,32,33,34);1H2/t15-,17?,18+;/m1./s1. The van der Waals surface area contributed by atoms with Crippen LogP contribution in [0.5, 0.6) is 6.01 Å². The number of nitrogens with one attached hydrogen (secondary N) is 3. The van der Waals surface area contributed by atoms with Crippen molar-refractivity contribution in [3.05, 3.63) is 47.2 Å². The van der Waals surface area contributed by atoms with Gasteiger partial charge in [0, 0.05) is 24.1 Å². The number of methoxy groups -OCH3 is 1. The van der Waals surface area contributed by atoms with Crippen LogP contribution in [0.25, 0.3) is 0 Å². The summed E-state index contributed by atoms with van der Waals surface area (Å²) in [6.07, 6.45) is 2.37. The number of ether oxygens (including phenoxy) is 1. The van der Waals surface area contributed by atoms with Crippen molar-refractivity contribution in [2.45, 2.75) is 63.2 Å². The van der Waals surface area contributed by atoms with Gasteiger partial charge in [-0.15, -0.1) is 0 Å². The van der Waals surface area contributed by atoms with E-state index in [0.29, 0.717) is 37.2 Å². The number of fused-ring (bicyclic) bond motifs is 1. The van der Waals surface area contributed by atoms with Crippen LogP contribution in [0.15, 0.2) is 30.3 Å². The second-order valence-corrected chi connectivity index (χ2v) is 10.7. The van der Waals surface area contributed by atoms with Gasteiger partial charge in [-0.25, -0.2) is 4.79 Å². The second-order valence-electron chi connectivity index (χ2n) is 10.7. The van der Waals surface area contributed by atoms with E-state index in [9.17, 15) is 9.59 Å². The van der Waals surface area contributed by atoms with Crippen LogP contribution in [0.1, 0.15) is 55.8 Å². The number of aromatic amines is 1. The molecular formula is C26H34N10O3S. The smallest absolute Gasteiger partial charge is 0.322 e. The predicted octanol–water partition coefficient (Wildman–Crippen LogP) is 2.23. The number of hydrogen-bond donors (Lipinski definition) is 4. The molecule has 40 heavy (non-hydrogen) atoms. The van der Waals surface area contributed by atoms with Gasteiger partial charge >= 0.3 is 12.0 Å². The highest BCUT2D eigenvalue weighted by atomic mass is 32.1. The summed E-state index contributed by atoms with van der Waals surface area (Å²) in [5, 5.41) is 13.9. The summed E-state index contributed by atoms with van der Waals surface area (Å²) in [6, 6.07) is 9.87. The summed E-state index contributed by atoms with van der Waals surface area (Å²) in [4.78, 5) is 42.0. The lowest BCUT2D eigenvalue weighted by Gasteiger charge is -2.32. The number of benzene rings is 1. The molecular weight excluding hydrogens is 532 g/mol. The number of rotatable bonds is 7. The highest BCUT2D eigenvalue weighted by molar-refractivity contribution is 7.59. The van der Waals surface area contributed by atoms with Gasteiger partial charge in [0.05, 0.1) is 24.9 Å². The molecule has 3 aromatic rings. The number of carbonyl (C=O) groups excluding carboxylic acids is 2. The molecule has 1 unspecified atom stereocenters. The van der Waals surface area contributed by atoms with E-state index in [1.165, 1.54) is 12.7 Å². The molecule has 1 aromatic carbocycles. The third kappa shape index (κ3) is 4.87. The minimum absolute atomic E-state index is 0. The topological polar surface area (TPSA) is 167 Å². The molecule has 0 bridgehead atoms. The monoisotopic (exact) mass is 566 g/mol. The predicted molar refractivity (Wildman–Crippen MR) is 153 cm³/mol. The van der Waals surface area contributed by atoms with Crippen molar-refractivity contribution in [3.63, 3.8) is 0 Å². The van der Waals surface area contributed by atoms with Crippen molar-refractivity contribution < 1.29 is 14.3 Å². The van der Waals surface area contributed by atoms with Crippen molar-refractivity contribution in [3.8, 4) is 6.01 Å². The molecule has 0 spiro atoms. The molecule has 1 aliphatic carbocycles. The Morgan fingerprint density at radius 2 is 1.95 bits per heavy atom. The number of amides is 3. The lowest BCUT2D eigenvalue weighted by Crippen LogP contribution is -2.47. The Labute approximate surface area is 238 Å². The highest BCUT2D eigenvalue weighted by Crippen LogP contribution is 2.43. The Balaban J connectivity index is 0.00000323. The highest BCUT2D eigenvalue weighted by Gasteiger charge is 2.47. The molecule has 212 valence electrons. The van der Waals surface area contributed by atoms with Gasteiger partial charge in [-0.05, 0) is 38.7 Å². The quantitative estimate of drug-likeness (QED) is 0.335. The van der Waals surface area contributed by atoms with E-state index in [-0.39, 0.29) is 37.5 Å². The van der Waals surface area contributed by atoms with E-state index >= 15 is 0 Å².